The molecule has 0 radical (unpaired) electrons. The van der Waals surface area contributed by atoms with Gasteiger partial charge in [-0.05, 0) is 79.2 Å². The Morgan fingerprint density at radius 1 is 1.16 bits per heavy atom. The van der Waals surface area contributed by atoms with Crippen LogP contribution in [-0.4, -0.2) is 38.5 Å². The fraction of sp³-hybridized carbons (Fsp3) is 0.280. The second kappa shape index (κ2) is 10.8. The molecule has 2 aromatic heterocycles. The molecule has 0 atom stereocenters. The summed E-state index contributed by atoms with van der Waals surface area (Å²) in [6, 6.07) is 5.66. The second-order valence-corrected chi connectivity index (χ2v) is 12.1. The third-order valence-electron chi connectivity index (χ3n) is 5.97. The third-order valence-corrected chi connectivity index (χ3v) is 9.68. The van der Waals surface area contributed by atoms with Crippen molar-refractivity contribution in [3.8, 4) is 0 Å². The molecule has 37 heavy (non-hydrogen) atoms. The number of fused-ring (bicyclic) bond motifs is 1. The van der Waals surface area contributed by atoms with Gasteiger partial charge in [0, 0.05) is 30.9 Å². The van der Waals surface area contributed by atoms with E-state index >= 15 is 0 Å². The van der Waals surface area contributed by atoms with Crippen molar-refractivity contribution in [1.29, 1.82) is 0 Å². The van der Waals surface area contributed by atoms with Gasteiger partial charge < -0.3 is 17.3 Å². The van der Waals surface area contributed by atoms with E-state index in [0.717, 1.165) is 21.0 Å². The number of benzene rings is 1. The van der Waals surface area contributed by atoms with Crippen molar-refractivity contribution in [2.75, 3.05) is 7.05 Å². The van der Waals surface area contributed by atoms with Crippen molar-refractivity contribution in [3.63, 3.8) is 0 Å². The number of halogens is 2. The van der Waals surface area contributed by atoms with Crippen molar-refractivity contribution < 1.29 is 21.8 Å². The first-order valence-electron chi connectivity index (χ1n) is 11.5. The van der Waals surface area contributed by atoms with Crippen LogP contribution in [-0.2, 0) is 18.4 Å². The smallest absolute Gasteiger partial charge is 0.385 e. The fourth-order valence-electron chi connectivity index (χ4n) is 4.13. The highest BCUT2D eigenvalue weighted by atomic mass is 35.5. The molecule has 2 aliphatic rings. The van der Waals surface area contributed by atoms with Gasteiger partial charge in [-0.25, -0.2) is 4.57 Å². The van der Waals surface area contributed by atoms with Crippen molar-refractivity contribution in [1.82, 2.24) is 14.4 Å². The first-order chi connectivity index (χ1) is 17.2. The Balaban J connectivity index is 0.00000320. The number of nitrogens with zero attached hydrogens (tertiary/aromatic N) is 5. The van der Waals surface area contributed by atoms with Crippen LogP contribution in [0.4, 0.5) is 5.13 Å². The van der Waals surface area contributed by atoms with E-state index < -0.39 is 0 Å². The van der Waals surface area contributed by atoms with Gasteiger partial charge in [-0.3, -0.25) is 19.1 Å². The number of hydrogen-bond donors (Lipinski definition) is 0. The maximum atomic E-state index is 13.7. The highest BCUT2D eigenvalue weighted by Crippen LogP contribution is 2.36. The zero-order chi connectivity index (χ0) is 25.7. The summed E-state index contributed by atoms with van der Waals surface area (Å²) in [6.45, 7) is 6.34. The van der Waals surface area contributed by atoms with Crippen LogP contribution in [0.15, 0.2) is 52.4 Å². The van der Waals surface area contributed by atoms with E-state index in [0.29, 0.717) is 30.8 Å². The lowest BCUT2D eigenvalue weighted by Gasteiger charge is -2.16. The van der Waals surface area contributed by atoms with E-state index in [4.69, 9.17) is 16.6 Å². The minimum Gasteiger partial charge on any atom is -1.00 e. The summed E-state index contributed by atoms with van der Waals surface area (Å²) in [5, 5.41) is 2.05. The lowest BCUT2D eigenvalue weighted by molar-refractivity contribution is -0.627. The molecule has 3 aromatic rings. The summed E-state index contributed by atoms with van der Waals surface area (Å²) >= 11 is 10.4. The highest BCUT2D eigenvalue weighted by molar-refractivity contribution is 8.23. The molecule has 1 saturated heterocycles. The number of aromatic nitrogens is 2. The van der Waals surface area contributed by atoms with Gasteiger partial charge in [-0.15, -0.1) is 11.3 Å². The van der Waals surface area contributed by atoms with Crippen LogP contribution in [0.2, 0.25) is 5.02 Å². The Hall–Kier alpha value is -2.37. The standard InChI is InChI=1S/C25H25ClN5O2S3.ClH/c1-6-30-21(32)19(17-9-7-8-12-28(17)4)35-23(30)20-22(33)31(14(2)3)25(36-20)27-24-29(5)16-11-10-15(26)13-18(16)34-24;/h7-14H,6H2,1-5H3;1H/q+1;/p-1/b19-17-,23-20-;. The fourth-order valence-corrected chi connectivity index (χ4v) is 8.04. The number of carbonyl (C=O) groups is 1. The summed E-state index contributed by atoms with van der Waals surface area (Å²) in [5.41, 5.74) is 1.76. The van der Waals surface area contributed by atoms with Gasteiger partial charge >= 0.3 is 5.13 Å². The van der Waals surface area contributed by atoms with Crippen LogP contribution in [0, 0.1) is 0 Å². The Morgan fingerprint density at radius 2 is 1.92 bits per heavy atom. The molecule has 0 unspecified atom stereocenters. The molecular weight excluding hydrogens is 569 g/mol. The van der Waals surface area contributed by atoms with Crippen LogP contribution in [0.3, 0.4) is 0 Å². The Labute approximate surface area is 237 Å². The maximum Gasteiger partial charge on any atom is 0.385 e. The lowest BCUT2D eigenvalue weighted by atomic mass is 10.3. The molecule has 194 valence electrons. The minimum atomic E-state index is -0.131. The average molecular weight is 595 g/mol. The van der Waals surface area contributed by atoms with Crippen LogP contribution in [0.25, 0.3) is 20.8 Å². The third kappa shape index (κ3) is 4.81. The van der Waals surface area contributed by atoms with Crippen molar-refractivity contribution >= 4 is 83.1 Å². The topological polar surface area (TPSA) is 61.8 Å². The molecule has 0 aliphatic carbocycles. The number of aliphatic imine (C=N–C) groups is 1. The number of hydrogen-bond acceptors (Lipinski definition) is 7. The van der Waals surface area contributed by atoms with Crippen LogP contribution < -0.4 is 31.7 Å². The number of likely N-dealkylation sites (N-methyl/N-ethyl adjacent to an activating group) is 1. The molecule has 0 bridgehead atoms. The van der Waals surface area contributed by atoms with E-state index in [1.807, 2.05) is 87.0 Å². The Bertz CT molecular complexity index is 1680. The maximum absolute atomic E-state index is 13.7. The summed E-state index contributed by atoms with van der Waals surface area (Å²) in [5.74, 6) is -0.131. The number of thiazole rings is 2. The number of allylic oxidation sites excluding steroid dienone is 2. The zero-order valence-corrected chi connectivity index (χ0v) is 24.8. The SMILES string of the molecule is CCn1c(=O)/c(=C2\C=CC=CN2C)s/c1=C1\SC(=Nc2sc3cc(Cl)ccc3[n+]2C)N(C(C)C)C1=O.[Cl-]. The van der Waals surface area contributed by atoms with Gasteiger partial charge in [0.1, 0.15) is 19.6 Å². The minimum absolute atomic E-state index is 0. The molecule has 0 spiro atoms. The van der Waals surface area contributed by atoms with E-state index in [-0.39, 0.29) is 29.9 Å². The average Bonchev–Trinajstić information content (AvgIpc) is 3.44. The quantitative estimate of drug-likeness (QED) is 0.416. The van der Waals surface area contributed by atoms with E-state index in [1.165, 1.54) is 34.4 Å². The first kappa shape index (κ1) is 27.7. The number of amides is 1. The van der Waals surface area contributed by atoms with Crippen molar-refractivity contribution in [2.24, 2.45) is 12.0 Å². The second-order valence-electron chi connectivity index (χ2n) is 8.63. The normalized spacial score (nSPS) is 19.6. The van der Waals surface area contributed by atoms with E-state index in [2.05, 4.69) is 0 Å². The summed E-state index contributed by atoms with van der Waals surface area (Å²) in [7, 11) is 3.87. The van der Waals surface area contributed by atoms with E-state index in [9.17, 15) is 9.59 Å². The molecule has 1 amide bonds. The number of amidine groups is 1. The highest BCUT2D eigenvalue weighted by Gasteiger charge is 2.41. The van der Waals surface area contributed by atoms with Gasteiger partial charge in [-0.1, -0.05) is 17.7 Å². The zero-order valence-electron chi connectivity index (χ0n) is 20.9. The summed E-state index contributed by atoms with van der Waals surface area (Å²) < 4.78 is 6.00. The largest absolute Gasteiger partial charge is 1.00 e. The summed E-state index contributed by atoms with van der Waals surface area (Å²) in [4.78, 5) is 36.2. The van der Waals surface area contributed by atoms with Crippen LogP contribution >= 0.6 is 46.0 Å². The molecule has 1 aromatic carbocycles. The lowest BCUT2D eigenvalue weighted by Crippen LogP contribution is -3.00. The monoisotopic (exact) mass is 593 g/mol. The van der Waals surface area contributed by atoms with Crippen molar-refractivity contribution in [3.05, 3.63) is 67.2 Å². The molecule has 12 heteroatoms. The van der Waals surface area contributed by atoms with Crippen LogP contribution in [0.5, 0.6) is 0 Å². The van der Waals surface area contributed by atoms with E-state index in [1.54, 1.807) is 9.47 Å². The molecule has 0 saturated carbocycles. The van der Waals surface area contributed by atoms with Gasteiger partial charge in [-0.2, -0.15) is 0 Å². The number of rotatable bonds is 3. The van der Waals surface area contributed by atoms with Crippen LogP contribution in [0.1, 0.15) is 20.8 Å². The van der Waals surface area contributed by atoms with Gasteiger partial charge in [0.25, 0.3) is 16.6 Å². The first-order valence-corrected chi connectivity index (χ1v) is 14.3. The molecule has 4 heterocycles. The summed E-state index contributed by atoms with van der Waals surface area (Å²) in [6.07, 6.45) is 7.67. The molecule has 1 fully saturated rings. The van der Waals surface area contributed by atoms with Gasteiger partial charge in [0.2, 0.25) is 0 Å². The van der Waals surface area contributed by atoms with Gasteiger partial charge in [0.05, 0.1) is 17.4 Å². The number of aryl methyl sites for hydroxylation is 1. The number of thioether (sulfide) groups is 1. The molecule has 0 N–H and O–H groups in total. The van der Waals surface area contributed by atoms with Gasteiger partial charge in [0.15, 0.2) is 0 Å². The predicted molar refractivity (Wildman–Crippen MR) is 151 cm³/mol. The molecular formula is C25H25Cl2N5O2S3. The molecule has 5 rings (SSSR count). The van der Waals surface area contributed by atoms with Crippen molar-refractivity contribution in [2.45, 2.75) is 33.4 Å². The number of carbonyl (C=O) groups excluding carboxylic acids is 1. The Kier molecular flexibility index (Phi) is 8.06. The Morgan fingerprint density at radius 3 is 2.59 bits per heavy atom. The predicted octanol–water partition coefficient (Wildman–Crippen LogP) is 0.530. The molecule has 2 aliphatic heterocycles. The molecule has 7 nitrogen and oxygen atoms in total.